The zero-order valence-electron chi connectivity index (χ0n) is 3.84. The van der Waals surface area contributed by atoms with Gasteiger partial charge in [0.25, 0.3) is 5.51 Å². The number of nitrogens with zero attached hydrogens (tertiary/aromatic N) is 1. The molecule has 1 heterocycles. The van der Waals surface area contributed by atoms with Crippen molar-refractivity contribution in [2.75, 3.05) is 0 Å². The van der Waals surface area contributed by atoms with Crippen molar-refractivity contribution in [3.05, 3.63) is 9.46 Å². The summed E-state index contributed by atoms with van der Waals surface area (Å²) in [5, 5.41) is 2.89. The Morgan fingerprint density at radius 1 is 2.00 bits per heavy atom. The lowest BCUT2D eigenvalue weighted by Crippen LogP contribution is -2.27. The maximum absolute atomic E-state index is 4.77. The third-order valence-corrected chi connectivity index (χ3v) is 1.69. The summed E-state index contributed by atoms with van der Waals surface area (Å²) in [4.78, 5) is 0. The lowest BCUT2D eigenvalue weighted by molar-refractivity contribution is -0.725. The van der Waals surface area contributed by atoms with Crippen LogP contribution >= 0.6 is 23.6 Å². The molecule has 0 radical (unpaired) electrons. The van der Waals surface area contributed by atoms with Crippen LogP contribution < -0.4 is 4.68 Å². The molecule has 0 spiro atoms. The largest absolute Gasteiger partial charge is 0.251 e. The molecule has 0 bridgehead atoms. The van der Waals surface area contributed by atoms with Crippen molar-refractivity contribution in [2.45, 2.75) is 0 Å². The molecule has 2 nitrogen and oxygen atoms in total. The molecule has 1 rings (SSSR count). The second-order valence-corrected chi connectivity index (χ2v) is 2.75. The highest BCUT2D eigenvalue weighted by Crippen LogP contribution is 1.87. The normalized spacial score (nSPS) is 9.29. The van der Waals surface area contributed by atoms with E-state index in [4.69, 9.17) is 12.2 Å². The maximum atomic E-state index is 4.77. The van der Waals surface area contributed by atoms with Gasteiger partial charge in [-0.1, -0.05) is 0 Å². The van der Waals surface area contributed by atoms with Crippen molar-refractivity contribution in [2.24, 2.45) is 7.05 Å². The number of aromatic nitrogens is 2. The lowest BCUT2D eigenvalue weighted by Gasteiger charge is -1.64. The molecule has 1 aromatic rings. The first-order valence-electron chi connectivity index (χ1n) is 1.82. The topological polar surface area (TPSA) is 19.7 Å². The Labute approximate surface area is 50.4 Å². The fourth-order valence-electron chi connectivity index (χ4n) is 0.324. The molecule has 0 aromatic carbocycles. The smallest absolute Gasteiger partial charge is 0.144 e. The SMILES string of the molecule is C[n+]1csc(=S)[nH]1. The number of hydrogen-bond donors (Lipinski definition) is 1. The van der Waals surface area contributed by atoms with Crippen LogP contribution in [0.5, 0.6) is 0 Å². The average molecular weight is 133 g/mol. The number of nitrogens with one attached hydrogen (secondary N) is 1. The summed E-state index contributed by atoms with van der Waals surface area (Å²) >= 11 is 6.30. The molecule has 0 aliphatic carbocycles. The van der Waals surface area contributed by atoms with E-state index < -0.39 is 0 Å². The van der Waals surface area contributed by atoms with Gasteiger partial charge in [0, 0.05) is 0 Å². The monoisotopic (exact) mass is 133 g/mol. The predicted molar refractivity (Wildman–Crippen MR) is 30.7 cm³/mol. The van der Waals surface area contributed by atoms with Gasteiger partial charge in [0.15, 0.2) is 7.05 Å². The third kappa shape index (κ3) is 1.07. The van der Waals surface area contributed by atoms with Gasteiger partial charge in [-0.2, -0.15) is 0 Å². The molecule has 38 valence electrons. The quantitative estimate of drug-likeness (QED) is 0.406. The van der Waals surface area contributed by atoms with Crippen molar-refractivity contribution in [3.63, 3.8) is 0 Å². The van der Waals surface area contributed by atoms with Gasteiger partial charge >= 0.3 is 0 Å². The molecule has 4 heteroatoms. The highest BCUT2D eigenvalue weighted by Gasteiger charge is 1.87. The summed E-state index contributed by atoms with van der Waals surface area (Å²) in [5.41, 5.74) is 1.92. The summed E-state index contributed by atoms with van der Waals surface area (Å²) in [6.07, 6.45) is 0. The molecule has 0 aliphatic heterocycles. The summed E-state index contributed by atoms with van der Waals surface area (Å²) in [7, 11) is 1.91. The van der Waals surface area contributed by atoms with Crippen molar-refractivity contribution in [3.8, 4) is 0 Å². The molecular weight excluding hydrogens is 128 g/mol. The Bertz CT molecular complexity index is 199. The fraction of sp³-hybridized carbons (Fsp3) is 0.333. The third-order valence-electron chi connectivity index (χ3n) is 0.585. The Balaban J connectivity index is 3.30. The van der Waals surface area contributed by atoms with E-state index in [0.29, 0.717) is 0 Å². The van der Waals surface area contributed by atoms with Gasteiger partial charge in [0.1, 0.15) is 0 Å². The summed E-state index contributed by atoms with van der Waals surface area (Å²) in [6.45, 7) is 0. The van der Waals surface area contributed by atoms with Crippen molar-refractivity contribution in [1.29, 1.82) is 0 Å². The van der Waals surface area contributed by atoms with Gasteiger partial charge in [-0.3, -0.25) is 0 Å². The van der Waals surface area contributed by atoms with E-state index >= 15 is 0 Å². The van der Waals surface area contributed by atoms with Gasteiger partial charge in [0.05, 0.1) is 0 Å². The number of hydrogen-bond acceptors (Lipinski definition) is 2. The van der Waals surface area contributed by atoms with Crippen LogP contribution in [0.4, 0.5) is 0 Å². The van der Waals surface area contributed by atoms with Gasteiger partial charge in [-0.15, -0.1) is 9.78 Å². The highest BCUT2D eigenvalue weighted by atomic mass is 32.1. The van der Waals surface area contributed by atoms with Crippen LogP contribution in [0.3, 0.4) is 0 Å². The molecule has 0 saturated carbocycles. The molecule has 1 N–H and O–H groups in total. The van der Waals surface area contributed by atoms with Gasteiger partial charge < -0.3 is 0 Å². The molecule has 0 fully saturated rings. The average Bonchev–Trinajstić information content (AvgIpc) is 1.87. The van der Waals surface area contributed by atoms with Gasteiger partial charge in [-0.05, 0) is 23.6 Å². The number of rotatable bonds is 0. The lowest BCUT2D eigenvalue weighted by atomic mass is 11.3. The first-order valence-corrected chi connectivity index (χ1v) is 3.11. The van der Waals surface area contributed by atoms with Crippen LogP contribution in [0.15, 0.2) is 5.51 Å². The fourth-order valence-corrected chi connectivity index (χ4v) is 1.10. The van der Waals surface area contributed by atoms with Crippen LogP contribution in [0.1, 0.15) is 0 Å². The zero-order valence-corrected chi connectivity index (χ0v) is 5.47. The van der Waals surface area contributed by atoms with E-state index in [1.54, 1.807) is 0 Å². The Morgan fingerprint density at radius 2 is 2.71 bits per heavy atom. The Hall–Kier alpha value is -0.220. The minimum atomic E-state index is 0.822. The van der Waals surface area contributed by atoms with Crippen LogP contribution in [0.25, 0.3) is 0 Å². The van der Waals surface area contributed by atoms with Crippen LogP contribution in [-0.4, -0.2) is 5.10 Å². The van der Waals surface area contributed by atoms with Crippen LogP contribution in [0, 0.1) is 3.95 Å². The van der Waals surface area contributed by atoms with E-state index in [0.717, 1.165) is 3.95 Å². The van der Waals surface area contributed by atoms with Crippen LogP contribution in [0.2, 0.25) is 0 Å². The van der Waals surface area contributed by atoms with E-state index in [-0.39, 0.29) is 0 Å². The molecule has 1 aromatic heterocycles. The number of H-pyrrole nitrogens is 1. The second-order valence-electron chi connectivity index (χ2n) is 1.23. The molecule has 0 saturated heterocycles. The summed E-state index contributed by atoms with van der Waals surface area (Å²) in [5.74, 6) is 0. The van der Waals surface area contributed by atoms with Crippen molar-refractivity contribution < 1.29 is 4.68 Å². The van der Waals surface area contributed by atoms with Crippen LogP contribution in [-0.2, 0) is 7.05 Å². The summed E-state index contributed by atoms with van der Waals surface area (Å²) < 4.78 is 2.65. The van der Waals surface area contributed by atoms with Crippen molar-refractivity contribution in [1.82, 2.24) is 5.10 Å². The standard InChI is InChI=1S/C3H4N2S2/c1-5-2-7-3(6)4-5/h2H,1H3/p+1. The van der Waals surface area contributed by atoms with E-state index in [2.05, 4.69) is 5.10 Å². The van der Waals surface area contributed by atoms with E-state index in [1.165, 1.54) is 11.3 Å². The molecular formula is C3H5N2S2+. The second kappa shape index (κ2) is 1.71. The first-order chi connectivity index (χ1) is 3.29. The minimum absolute atomic E-state index is 0.822. The summed E-state index contributed by atoms with van der Waals surface area (Å²) in [6, 6.07) is 0. The number of aryl methyl sites for hydroxylation is 1. The van der Waals surface area contributed by atoms with E-state index in [1.807, 2.05) is 17.2 Å². The molecule has 0 amide bonds. The highest BCUT2D eigenvalue weighted by molar-refractivity contribution is 7.73. The van der Waals surface area contributed by atoms with Crippen molar-refractivity contribution >= 4 is 23.6 Å². The number of aromatic amines is 1. The zero-order chi connectivity index (χ0) is 5.28. The molecule has 0 atom stereocenters. The molecule has 0 aliphatic rings. The molecule has 7 heavy (non-hydrogen) atoms. The first kappa shape index (κ1) is 4.93. The Morgan fingerprint density at radius 3 is 2.86 bits per heavy atom. The van der Waals surface area contributed by atoms with Gasteiger partial charge in [0.2, 0.25) is 3.95 Å². The predicted octanol–water partition coefficient (Wildman–Crippen LogP) is 0.630. The molecule has 0 unspecified atom stereocenters. The van der Waals surface area contributed by atoms with E-state index in [9.17, 15) is 0 Å². The Kier molecular flexibility index (Phi) is 1.21. The minimum Gasteiger partial charge on any atom is -0.144 e. The maximum Gasteiger partial charge on any atom is 0.251 e. The van der Waals surface area contributed by atoms with Gasteiger partial charge in [-0.25, -0.2) is 0 Å².